The Morgan fingerprint density at radius 2 is 2.14 bits per heavy atom. The SMILES string of the molecule is CCC[C@H](N)c1c(Br)ccc(N)c1O. The molecule has 78 valence electrons. The summed E-state index contributed by atoms with van der Waals surface area (Å²) < 4.78 is 0.810. The average molecular weight is 259 g/mol. The Morgan fingerprint density at radius 1 is 1.50 bits per heavy atom. The van der Waals surface area contributed by atoms with Gasteiger partial charge in [-0.25, -0.2) is 0 Å². The first-order valence-corrected chi connectivity index (χ1v) is 5.39. The number of phenolic OH excluding ortho intramolecular Hbond substituents is 1. The monoisotopic (exact) mass is 258 g/mol. The molecular weight excluding hydrogens is 244 g/mol. The van der Waals surface area contributed by atoms with Gasteiger partial charge in [-0.3, -0.25) is 0 Å². The third-order valence-electron chi connectivity index (χ3n) is 2.17. The topological polar surface area (TPSA) is 72.3 Å². The molecule has 0 bridgehead atoms. The number of phenols is 1. The minimum atomic E-state index is -0.169. The summed E-state index contributed by atoms with van der Waals surface area (Å²) in [6, 6.07) is 3.29. The summed E-state index contributed by atoms with van der Waals surface area (Å²) in [7, 11) is 0. The molecule has 0 spiro atoms. The first-order chi connectivity index (χ1) is 6.57. The summed E-state index contributed by atoms with van der Waals surface area (Å²) in [6.45, 7) is 2.05. The van der Waals surface area contributed by atoms with E-state index in [4.69, 9.17) is 11.5 Å². The Kier molecular flexibility index (Phi) is 3.77. The lowest BCUT2D eigenvalue weighted by Gasteiger charge is -2.15. The van der Waals surface area contributed by atoms with E-state index in [0.29, 0.717) is 11.3 Å². The van der Waals surface area contributed by atoms with Gasteiger partial charge >= 0.3 is 0 Å². The zero-order valence-corrected chi connectivity index (χ0v) is 9.71. The van der Waals surface area contributed by atoms with Crippen LogP contribution in [0, 0.1) is 0 Å². The third kappa shape index (κ3) is 2.19. The van der Waals surface area contributed by atoms with Crippen LogP contribution in [-0.2, 0) is 0 Å². The van der Waals surface area contributed by atoms with E-state index in [1.54, 1.807) is 12.1 Å². The third-order valence-corrected chi connectivity index (χ3v) is 2.86. The normalized spacial score (nSPS) is 12.8. The highest BCUT2D eigenvalue weighted by Gasteiger charge is 2.15. The highest BCUT2D eigenvalue weighted by molar-refractivity contribution is 9.10. The number of nitrogen functional groups attached to an aromatic ring is 1. The van der Waals surface area contributed by atoms with Crippen molar-refractivity contribution in [3.63, 3.8) is 0 Å². The number of anilines is 1. The van der Waals surface area contributed by atoms with E-state index >= 15 is 0 Å². The van der Waals surface area contributed by atoms with E-state index in [9.17, 15) is 5.11 Å². The lowest BCUT2D eigenvalue weighted by Crippen LogP contribution is -2.11. The Bertz CT molecular complexity index is 328. The van der Waals surface area contributed by atoms with Crippen LogP contribution in [0.2, 0.25) is 0 Å². The number of rotatable bonds is 3. The van der Waals surface area contributed by atoms with Crippen LogP contribution in [-0.4, -0.2) is 5.11 Å². The maximum Gasteiger partial charge on any atom is 0.144 e. The molecular formula is C10H15BrN2O. The van der Waals surface area contributed by atoms with Crippen LogP contribution in [0.1, 0.15) is 31.4 Å². The summed E-state index contributed by atoms with van der Waals surface area (Å²) in [5, 5.41) is 9.74. The molecule has 0 heterocycles. The van der Waals surface area contributed by atoms with Gasteiger partial charge in [0.15, 0.2) is 0 Å². The summed E-state index contributed by atoms with van der Waals surface area (Å²) in [6.07, 6.45) is 1.80. The number of hydrogen-bond donors (Lipinski definition) is 3. The molecule has 4 heteroatoms. The predicted molar refractivity (Wildman–Crippen MR) is 62.1 cm³/mol. The Labute approximate surface area is 92.2 Å². The van der Waals surface area contributed by atoms with Crippen molar-refractivity contribution >= 4 is 21.6 Å². The number of benzene rings is 1. The second-order valence-corrected chi connectivity index (χ2v) is 4.15. The Hall–Kier alpha value is -0.740. The van der Waals surface area contributed by atoms with E-state index in [-0.39, 0.29) is 11.8 Å². The van der Waals surface area contributed by atoms with Crippen LogP contribution in [0.3, 0.4) is 0 Å². The molecule has 0 fully saturated rings. The van der Waals surface area contributed by atoms with E-state index in [1.807, 2.05) is 0 Å². The van der Waals surface area contributed by atoms with Gasteiger partial charge in [0.25, 0.3) is 0 Å². The molecule has 0 aliphatic heterocycles. The minimum Gasteiger partial charge on any atom is -0.505 e. The van der Waals surface area contributed by atoms with Gasteiger partial charge in [-0.05, 0) is 18.6 Å². The molecule has 0 unspecified atom stereocenters. The molecule has 5 N–H and O–H groups in total. The van der Waals surface area contributed by atoms with E-state index in [2.05, 4.69) is 22.9 Å². The van der Waals surface area contributed by atoms with E-state index in [0.717, 1.165) is 17.3 Å². The maximum absolute atomic E-state index is 9.74. The summed E-state index contributed by atoms with van der Waals surface area (Å²) in [4.78, 5) is 0. The fraction of sp³-hybridized carbons (Fsp3) is 0.400. The molecule has 14 heavy (non-hydrogen) atoms. The molecule has 1 atom stereocenters. The van der Waals surface area contributed by atoms with Crippen molar-refractivity contribution in [2.45, 2.75) is 25.8 Å². The van der Waals surface area contributed by atoms with Gasteiger partial charge in [0, 0.05) is 16.1 Å². The molecule has 0 radical (unpaired) electrons. The van der Waals surface area contributed by atoms with Crippen LogP contribution in [0.25, 0.3) is 0 Å². The van der Waals surface area contributed by atoms with Crippen molar-refractivity contribution in [3.8, 4) is 5.75 Å². The van der Waals surface area contributed by atoms with Crippen molar-refractivity contribution in [1.82, 2.24) is 0 Å². The molecule has 1 aromatic carbocycles. The van der Waals surface area contributed by atoms with Gasteiger partial charge in [-0.15, -0.1) is 0 Å². The zero-order chi connectivity index (χ0) is 10.7. The minimum absolute atomic E-state index is 0.0975. The molecule has 3 nitrogen and oxygen atoms in total. The smallest absolute Gasteiger partial charge is 0.144 e. The lowest BCUT2D eigenvalue weighted by atomic mass is 10.0. The predicted octanol–water partition coefficient (Wildman–Crippen LogP) is 2.54. The molecule has 0 saturated heterocycles. The van der Waals surface area contributed by atoms with Crippen molar-refractivity contribution < 1.29 is 5.11 Å². The number of aromatic hydroxyl groups is 1. The van der Waals surface area contributed by atoms with Gasteiger partial charge in [0.2, 0.25) is 0 Å². The van der Waals surface area contributed by atoms with Crippen molar-refractivity contribution in [3.05, 3.63) is 22.2 Å². The number of nitrogens with two attached hydrogens (primary N) is 2. The first kappa shape index (κ1) is 11.3. The second-order valence-electron chi connectivity index (χ2n) is 3.29. The van der Waals surface area contributed by atoms with Crippen LogP contribution < -0.4 is 11.5 Å². The van der Waals surface area contributed by atoms with Gasteiger partial charge in [-0.1, -0.05) is 29.3 Å². The molecule has 0 amide bonds. The Morgan fingerprint density at radius 3 is 2.71 bits per heavy atom. The standard InChI is InChI=1S/C10H15BrN2O/c1-2-3-7(12)9-6(11)4-5-8(13)10(9)14/h4-5,7,14H,2-3,12-13H2,1H3/t7-/m0/s1. The average Bonchev–Trinajstić information content (AvgIpc) is 2.13. The fourth-order valence-electron chi connectivity index (χ4n) is 1.41. The van der Waals surface area contributed by atoms with E-state index in [1.165, 1.54) is 0 Å². The van der Waals surface area contributed by atoms with Gasteiger partial charge in [0.05, 0.1) is 5.69 Å². The number of hydrogen-bond acceptors (Lipinski definition) is 3. The van der Waals surface area contributed by atoms with Crippen LogP contribution >= 0.6 is 15.9 Å². The van der Waals surface area contributed by atoms with E-state index < -0.39 is 0 Å². The van der Waals surface area contributed by atoms with Crippen molar-refractivity contribution in [1.29, 1.82) is 0 Å². The van der Waals surface area contributed by atoms with Crippen LogP contribution in [0.15, 0.2) is 16.6 Å². The molecule has 1 rings (SSSR count). The maximum atomic E-state index is 9.74. The summed E-state index contributed by atoms with van der Waals surface area (Å²) >= 11 is 3.36. The highest BCUT2D eigenvalue weighted by atomic mass is 79.9. The highest BCUT2D eigenvalue weighted by Crippen LogP contribution is 2.36. The number of halogens is 1. The Balaban J connectivity index is 3.11. The van der Waals surface area contributed by atoms with Crippen LogP contribution in [0.5, 0.6) is 5.75 Å². The first-order valence-electron chi connectivity index (χ1n) is 4.60. The quantitative estimate of drug-likeness (QED) is 0.577. The molecule has 0 aromatic heterocycles. The lowest BCUT2D eigenvalue weighted by molar-refractivity contribution is 0.460. The molecule has 0 aliphatic rings. The summed E-state index contributed by atoms with van der Waals surface area (Å²) in [5.41, 5.74) is 12.6. The fourth-order valence-corrected chi connectivity index (χ4v) is 2.02. The van der Waals surface area contributed by atoms with Crippen molar-refractivity contribution in [2.24, 2.45) is 5.73 Å². The van der Waals surface area contributed by atoms with Gasteiger partial charge < -0.3 is 16.6 Å². The summed E-state index contributed by atoms with van der Waals surface area (Å²) in [5.74, 6) is 0.0975. The molecule has 1 aromatic rings. The largest absolute Gasteiger partial charge is 0.505 e. The zero-order valence-electron chi connectivity index (χ0n) is 8.13. The van der Waals surface area contributed by atoms with Crippen molar-refractivity contribution in [2.75, 3.05) is 5.73 Å². The molecule has 0 saturated carbocycles. The van der Waals surface area contributed by atoms with Crippen LogP contribution in [0.4, 0.5) is 5.69 Å². The second kappa shape index (κ2) is 4.66. The van der Waals surface area contributed by atoms with Gasteiger partial charge in [0.1, 0.15) is 5.75 Å². The molecule has 0 aliphatic carbocycles. The van der Waals surface area contributed by atoms with Gasteiger partial charge in [-0.2, -0.15) is 0 Å².